The van der Waals surface area contributed by atoms with E-state index in [2.05, 4.69) is 6.92 Å². The first kappa shape index (κ1) is 22.5. The van der Waals surface area contributed by atoms with E-state index in [9.17, 15) is 23.5 Å². The van der Waals surface area contributed by atoms with Gasteiger partial charge in [-0.25, -0.2) is 4.79 Å². The quantitative estimate of drug-likeness (QED) is 0.421. The standard InChI is InChI=1S/C20H27F2NO4S/c1-2-3-4-6-15(24)9-8-14-13-20(21,22)19(27)23(14)12-5-7-16-10-11-17(28-16)18(25)26/h8-11,14-15,24H,2-7,12-13H2,1H3,(H,25,26)/t14-,15+/m0/s1. The molecule has 0 radical (unpaired) electrons. The number of halogens is 2. The van der Waals surface area contributed by atoms with Gasteiger partial charge in [-0.1, -0.05) is 38.3 Å². The summed E-state index contributed by atoms with van der Waals surface area (Å²) in [5.74, 6) is -5.56. The maximum absolute atomic E-state index is 13.9. The number of aromatic carboxylic acids is 1. The molecular formula is C20H27F2NO4S. The number of amides is 1. The average molecular weight is 416 g/mol. The van der Waals surface area contributed by atoms with Crippen LogP contribution in [-0.4, -0.2) is 51.6 Å². The van der Waals surface area contributed by atoms with Crippen molar-refractivity contribution >= 4 is 23.2 Å². The van der Waals surface area contributed by atoms with E-state index < -0.39 is 36.4 Å². The van der Waals surface area contributed by atoms with Crippen LogP contribution in [0.1, 0.15) is 60.0 Å². The number of nitrogens with zero attached hydrogens (tertiary/aromatic N) is 1. The molecule has 0 aromatic carbocycles. The number of carbonyl (C=O) groups excluding carboxylic acids is 1. The van der Waals surface area contributed by atoms with E-state index in [4.69, 9.17) is 5.11 Å². The molecule has 1 aromatic heterocycles. The fraction of sp³-hybridized carbons (Fsp3) is 0.600. The summed E-state index contributed by atoms with van der Waals surface area (Å²) in [5.41, 5.74) is 0. The lowest BCUT2D eigenvalue weighted by molar-refractivity contribution is -0.148. The number of alkyl halides is 2. The molecule has 0 saturated carbocycles. The molecule has 0 unspecified atom stereocenters. The lowest BCUT2D eigenvalue weighted by Gasteiger charge is -2.21. The molecule has 1 aromatic rings. The number of unbranched alkanes of at least 4 members (excludes halogenated alkanes) is 2. The topological polar surface area (TPSA) is 77.8 Å². The maximum atomic E-state index is 13.9. The Morgan fingerprint density at radius 3 is 2.79 bits per heavy atom. The molecule has 1 saturated heterocycles. The molecule has 2 atom stereocenters. The molecule has 0 bridgehead atoms. The first-order valence-corrected chi connectivity index (χ1v) is 10.4. The Bertz CT molecular complexity index is 704. The van der Waals surface area contributed by atoms with Crippen molar-refractivity contribution < 1.29 is 28.6 Å². The van der Waals surface area contributed by atoms with Crippen LogP contribution in [0, 0.1) is 0 Å². The predicted molar refractivity (Wildman–Crippen MR) is 104 cm³/mol. The first-order chi connectivity index (χ1) is 13.2. The Kier molecular flexibility index (Phi) is 8.12. The van der Waals surface area contributed by atoms with Crippen LogP contribution >= 0.6 is 11.3 Å². The Labute approximate surface area is 167 Å². The zero-order chi connectivity index (χ0) is 20.7. The minimum absolute atomic E-state index is 0.162. The van der Waals surface area contributed by atoms with E-state index in [1.807, 2.05) is 0 Å². The number of hydrogen-bond acceptors (Lipinski definition) is 4. The molecule has 156 valence electrons. The summed E-state index contributed by atoms with van der Waals surface area (Å²) in [4.78, 5) is 25.2. The molecule has 2 N–H and O–H groups in total. The van der Waals surface area contributed by atoms with Gasteiger partial charge in [0.25, 0.3) is 5.91 Å². The summed E-state index contributed by atoms with van der Waals surface area (Å²) in [6.07, 6.45) is 6.22. The second-order valence-corrected chi connectivity index (χ2v) is 8.27. The smallest absolute Gasteiger partial charge is 0.345 e. The van der Waals surface area contributed by atoms with Crippen LogP contribution < -0.4 is 0 Å². The number of rotatable bonds is 11. The second kappa shape index (κ2) is 10.1. The Morgan fingerprint density at radius 2 is 2.14 bits per heavy atom. The van der Waals surface area contributed by atoms with Gasteiger partial charge >= 0.3 is 11.9 Å². The number of hydrogen-bond donors (Lipinski definition) is 2. The Hall–Kier alpha value is -1.80. The van der Waals surface area contributed by atoms with E-state index in [0.29, 0.717) is 19.3 Å². The van der Waals surface area contributed by atoms with E-state index in [-0.39, 0.29) is 11.4 Å². The molecule has 2 rings (SSSR count). The Morgan fingerprint density at radius 1 is 1.39 bits per heavy atom. The van der Waals surface area contributed by atoms with Crippen molar-refractivity contribution in [2.45, 2.75) is 69.9 Å². The molecule has 1 aliphatic heterocycles. The summed E-state index contributed by atoms with van der Waals surface area (Å²) in [6, 6.07) is 2.49. The number of carboxylic acids is 1. The van der Waals surface area contributed by atoms with Gasteiger partial charge in [0.2, 0.25) is 0 Å². The number of aliphatic hydroxyl groups excluding tert-OH is 1. The van der Waals surface area contributed by atoms with E-state index >= 15 is 0 Å². The molecule has 5 nitrogen and oxygen atoms in total. The summed E-state index contributed by atoms with van der Waals surface area (Å²) >= 11 is 1.15. The minimum atomic E-state index is -3.39. The third-order valence-electron chi connectivity index (χ3n) is 4.79. The predicted octanol–water partition coefficient (Wildman–Crippen LogP) is 4.11. The summed E-state index contributed by atoms with van der Waals surface area (Å²) < 4.78 is 27.8. The van der Waals surface area contributed by atoms with Crippen LogP contribution in [0.15, 0.2) is 24.3 Å². The van der Waals surface area contributed by atoms with Crippen LogP contribution in [0.2, 0.25) is 0 Å². The Balaban J connectivity index is 1.92. The average Bonchev–Trinajstić information content (AvgIpc) is 3.18. The van der Waals surface area contributed by atoms with E-state index in [1.54, 1.807) is 6.07 Å². The van der Waals surface area contributed by atoms with Gasteiger partial charge in [-0.05, 0) is 31.4 Å². The highest BCUT2D eigenvalue weighted by Gasteiger charge is 2.52. The van der Waals surface area contributed by atoms with Crippen LogP contribution in [0.4, 0.5) is 8.78 Å². The van der Waals surface area contributed by atoms with Crippen LogP contribution in [0.5, 0.6) is 0 Å². The van der Waals surface area contributed by atoms with Crippen molar-refractivity contribution in [1.29, 1.82) is 0 Å². The lowest BCUT2D eigenvalue weighted by atomic mass is 10.1. The fourth-order valence-corrected chi connectivity index (χ4v) is 4.16. The van der Waals surface area contributed by atoms with Crippen molar-refractivity contribution in [3.63, 3.8) is 0 Å². The molecule has 8 heteroatoms. The lowest BCUT2D eigenvalue weighted by Crippen LogP contribution is -2.36. The van der Waals surface area contributed by atoms with Gasteiger partial charge in [0.15, 0.2) is 0 Å². The van der Waals surface area contributed by atoms with Gasteiger partial charge < -0.3 is 15.1 Å². The minimum Gasteiger partial charge on any atom is -0.477 e. The van der Waals surface area contributed by atoms with Crippen molar-refractivity contribution in [1.82, 2.24) is 4.90 Å². The summed E-state index contributed by atoms with van der Waals surface area (Å²) in [7, 11) is 0. The van der Waals surface area contributed by atoms with Gasteiger partial charge in [0.05, 0.1) is 12.1 Å². The SMILES string of the molecule is CCCCC[C@@H](O)C=C[C@H]1CC(F)(F)C(=O)N1CCCc1ccc(C(=O)O)s1. The van der Waals surface area contributed by atoms with Crippen molar-refractivity contribution in [2.75, 3.05) is 6.54 Å². The van der Waals surface area contributed by atoms with E-state index in [1.165, 1.54) is 23.1 Å². The zero-order valence-corrected chi connectivity index (χ0v) is 16.8. The monoisotopic (exact) mass is 415 g/mol. The first-order valence-electron chi connectivity index (χ1n) is 9.62. The molecule has 0 spiro atoms. The fourth-order valence-electron chi connectivity index (χ4n) is 3.27. The molecule has 1 aliphatic rings. The molecular weight excluding hydrogens is 388 g/mol. The largest absolute Gasteiger partial charge is 0.477 e. The highest BCUT2D eigenvalue weighted by Crippen LogP contribution is 2.34. The molecule has 2 heterocycles. The van der Waals surface area contributed by atoms with Crippen LogP contribution in [-0.2, 0) is 11.2 Å². The third kappa shape index (κ3) is 6.10. The molecule has 0 aliphatic carbocycles. The zero-order valence-electron chi connectivity index (χ0n) is 15.9. The number of carboxylic acid groups (broad SMARTS) is 1. The highest BCUT2D eigenvalue weighted by atomic mass is 32.1. The second-order valence-electron chi connectivity index (χ2n) is 7.10. The van der Waals surface area contributed by atoms with E-state index in [0.717, 1.165) is 35.5 Å². The summed E-state index contributed by atoms with van der Waals surface area (Å²) in [6.45, 7) is 2.22. The molecule has 1 amide bonds. The number of aryl methyl sites for hydroxylation is 1. The van der Waals surface area contributed by atoms with Gasteiger partial charge in [0, 0.05) is 17.8 Å². The number of aliphatic hydroxyl groups is 1. The number of thiophene rings is 1. The molecule has 28 heavy (non-hydrogen) atoms. The van der Waals surface area contributed by atoms with Crippen LogP contribution in [0.3, 0.4) is 0 Å². The van der Waals surface area contributed by atoms with Crippen LogP contribution in [0.25, 0.3) is 0 Å². The van der Waals surface area contributed by atoms with Crippen molar-refractivity contribution in [3.05, 3.63) is 34.0 Å². The maximum Gasteiger partial charge on any atom is 0.345 e. The summed E-state index contributed by atoms with van der Waals surface area (Å²) in [5, 5.41) is 18.9. The van der Waals surface area contributed by atoms with Gasteiger partial charge in [-0.2, -0.15) is 8.78 Å². The normalized spacial score (nSPS) is 20.2. The number of carbonyl (C=O) groups is 2. The molecule has 1 fully saturated rings. The highest BCUT2D eigenvalue weighted by molar-refractivity contribution is 7.13. The van der Waals surface area contributed by atoms with Gasteiger partial charge in [0.1, 0.15) is 4.88 Å². The van der Waals surface area contributed by atoms with Gasteiger partial charge in [-0.3, -0.25) is 4.79 Å². The van der Waals surface area contributed by atoms with Gasteiger partial charge in [-0.15, -0.1) is 11.3 Å². The van der Waals surface area contributed by atoms with Crippen molar-refractivity contribution in [3.8, 4) is 0 Å². The number of likely N-dealkylation sites (tertiary alicyclic amines) is 1. The third-order valence-corrected chi connectivity index (χ3v) is 5.93. The van der Waals surface area contributed by atoms with Crippen molar-refractivity contribution in [2.24, 2.45) is 0 Å².